The van der Waals surface area contributed by atoms with Gasteiger partial charge < -0.3 is 10.1 Å². The molecule has 0 saturated carbocycles. The molecule has 170 valence electrons. The number of carbonyl (C=O) groups excluding carboxylic acids is 1. The van der Waals surface area contributed by atoms with Gasteiger partial charge in [-0.2, -0.15) is 4.37 Å². The van der Waals surface area contributed by atoms with Crippen LogP contribution in [0.4, 0.5) is 5.69 Å². The van der Waals surface area contributed by atoms with Gasteiger partial charge in [0.25, 0.3) is 5.56 Å². The average Bonchev–Trinajstić information content (AvgIpc) is 3.26. The van der Waals surface area contributed by atoms with Crippen LogP contribution in [0.15, 0.2) is 64.5 Å². The Kier molecular flexibility index (Phi) is 7.41. The maximum atomic E-state index is 13.2. The first kappa shape index (κ1) is 23.0. The van der Waals surface area contributed by atoms with Gasteiger partial charge >= 0.3 is 0 Å². The van der Waals surface area contributed by atoms with Crippen molar-refractivity contribution in [3.63, 3.8) is 0 Å². The predicted octanol–water partition coefficient (Wildman–Crippen LogP) is 5.06. The van der Waals surface area contributed by atoms with Gasteiger partial charge in [0.05, 0.1) is 18.0 Å². The molecule has 0 spiro atoms. The van der Waals surface area contributed by atoms with Crippen molar-refractivity contribution < 1.29 is 9.53 Å². The lowest BCUT2D eigenvalue weighted by molar-refractivity contribution is -0.113. The summed E-state index contributed by atoms with van der Waals surface area (Å²) in [6.45, 7) is 4.93. The highest BCUT2D eigenvalue weighted by Crippen LogP contribution is 2.30. The van der Waals surface area contributed by atoms with Crippen molar-refractivity contribution in [1.29, 1.82) is 0 Å². The number of nitrogens with one attached hydrogen (secondary N) is 1. The quantitative estimate of drug-likeness (QED) is 0.266. The lowest BCUT2D eigenvalue weighted by Crippen LogP contribution is -2.23. The number of aromatic nitrogens is 3. The number of rotatable bonds is 9. The maximum absolute atomic E-state index is 13.2. The molecule has 0 fully saturated rings. The Hall–Kier alpha value is -3.17. The van der Waals surface area contributed by atoms with Crippen molar-refractivity contribution in [3.8, 4) is 17.0 Å². The Morgan fingerprint density at radius 2 is 1.88 bits per heavy atom. The first-order valence-electron chi connectivity index (χ1n) is 10.7. The van der Waals surface area contributed by atoms with Crippen molar-refractivity contribution in [2.24, 2.45) is 0 Å². The number of anilines is 1. The molecular weight excluding hydrogens is 456 g/mol. The summed E-state index contributed by atoms with van der Waals surface area (Å²) >= 11 is 2.41. The van der Waals surface area contributed by atoms with Crippen LogP contribution >= 0.6 is 23.3 Å². The van der Waals surface area contributed by atoms with Crippen molar-refractivity contribution in [1.82, 2.24) is 13.9 Å². The molecule has 7 nitrogen and oxygen atoms in total. The summed E-state index contributed by atoms with van der Waals surface area (Å²) < 4.78 is 12.3. The number of amides is 1. The van der Waals surface area contributed by atoms with Crippen LogP contribution in [-0.2, 0) is 11.3 Å². The second kappa shape index (κ2) is 10.6. The first-order valence-corrected chi connectivity index (χ1v) is 12.5. The van der Waals surface area contributed by atoms with Gasteiger partial charge in [0.1, 0.15) is 21.7 Å². The highest BCUT2D eigenvalue weighted by atomic mass is 32.2. The lowest BCUT2D eigenvalue weighted by Gasteiger charge is -2.13. The Labute approximate surface area is 200 Å². The van der Waals surface area contributed by atoms with E-state index >= 15 is 0 Å². The van der Waals surface area contributed by atoms with Gasteiger partial charge in [0.2, 0.25) is 5.91 Å². The number of thioether (sulfide) groups is 1. The van der Waals surface area contributed by atoms with E-state index in [2.05, 4.69) is 9.69 Å². The molecule has 0 aliphatic heterocycles. The number of ether oxygens (including phenoxy) is 1. The number of hydrogen-bond donors (Lipinski definition) is 1. The number of fused-ring (bicyclic) bond motifs is 1. The number of carbonyl (C=O) groups is 1. The second-order valence-corrected chi connectivity index (χ2v) is 8.91. The Bertz CT molecular complexity index is 1320. The van der Waals surface area contributed by atoms with Crippen LogP contribution in [0.5, 0.6) is 5.75 Å². The Morgan fingerprint density at radius 1 is 1.12 bits per heavy atom. The van der Waals surface area contributed by atoms with Crippen LogP contribution in [0, 0.1) is 0 Å². The average molecular weight is 481 g/mol. The molecular formula is C24H24N4O3S2. The molecule has 4 aromatic rings. The Balaban J connectivity index is 1.62. The van der Waals surface area contributed by atoms with E-state index < -0.39 is 0 Å². The maximum Gasteiger partial charge on any atom is 0.273 e. The summed E-state index contributed by atoms with van der Waals surface area (Å²) in [4.78, 5) is 30.7. The van der Waals surface area contributed by atoms with Crippen LogP contribution in [0.3, 0.4) is 0 Å². The predicted molar refractivity (Wildman–Crippen MR) is 134 cm³/mol. The minimum Gasteiger partial charge on any atom is -0.492 e. The fourth-order valence-corrected chi connectivity index (χ4v) is 4.99. The third kappa shape index (κ3) is 5.09. The van der Waals surface area contributed by atoms with E-state index in [1.165, 1.54) is 23.3 Å². The van der Waals surface area contributed by atoms with E-state index in [0.29, 0.717) is 45.7 Å². The van der Waals surface area contributed by atoms with Gasteiger partial charge in [0.15, 0.2) is 5.16 Å². The molecule has 2 heterocycles. The summed E-state index contributed by atoms with van der Waals surface area (Å²) in [6, 6.07) is 17.0. The molecule has 2 aromatic carbocycles. The van der Waals surface area contributed by atoms with Crippen LogP contribution in [0.25, 0.3) is 21.5 Å². The zero-order valence-corrected chi connectivity index (χ0v) is 20.0. The number of benzene rings is 2. The van der Waals surface area contributed by atoms with Gasteiger partial charge in [-0.05, 0) is 37.0 Å². The van der Waals surface area contributed by atoms with Crippen LogP contribution in [0.2, 0.25) is 0 Å². The van der Waals surface area contributed by atoms with Gasteiger partial charge in [-0.15, -0.1) is 0 Å². The molecule has 0 unspecified atom stereocenters. The van der Waals surface area contributed by atoms with Crippen molar-refractivity contribution in [2.75, 3.05) is 17.7 Å². The second-order valence-electron chi connectivity index (χ2n) is 7.19. The normalized spacial score (nSPS) is 11.0. The smallest absolute Gasteiger partial charge is 0.273 e. The van der Waals surface area contributed by atoms with Crippen molar-refractivity contribution in [3.05, 3.63) is 65.0 Å². The van der Waals surface area contributed by atoms with E-state index in [1.807, 2.05) is 62.4 Å². The van der Waals surface area contributed by atoms with E-state index in [0.717, 1.165) is 12.0 Å². The molecule has 9 heteroatoms. The summed E-state index contributed by atoms with van der Waals surface area (Å²) in [7, 11) is 0. The van der Waals surface area contributed by atoms with Gasteiger partial charge in [-0.1, -0.05) is 61.2 Å². The summed E-state index contributed by atoms with van der Waals surface area (Å²) in [5.41, 5.74) is 2.67. The first-order chi connectivity index (χ1) is 16.1. The molecule has 33 heavy (non-hydrogen) atoms. The standard InChI is InChI=1S/C24H24N4O3S2/c1-3-14-28-23(30)22-21(20(27-33-22)16-10-6-5-7-11-16)26-24(28)32-15-19(29)25-17-12-8-9-13-18(17)31-4-2/h5-13H,3-4,14-15H2,1-2H3,(H,25,29). The van der Waals surface area contributed by atoms with E-state index in [-0.39, 0.29) is 17.2 Å². The topological polar surface area (TPSA) is 86.1 Å². The lowest BCUT2D eigenvalue weighted by atomic mass is 10.1. The summed E-state index contributed by atoms with van der Waals surface area (Å²) in [6.07, 6.45) is 0.777. The zero-order valence-electron chi connectivity index (χ0n) is 18.4. The molecule has 0 bridgehead atoms. The largest absolute Gasteiger partial charge is 0.492 e. The highest BCUT2D eigenvalue weighted by molar-refractivity contribution is 7.99. The number of para-hydroxylation sites is 2. The van der Waals surface area contributed by atoms with Gasteiger partial charge in [-0.25, -0.2) is 4.98 Å². The number of nitrogens with zero attached hydrogens (tertiary/aromatic N) is 3. The minimum absolute atomic E-state index is 0.111. The van der Waals surface area contributed by atoms with Gasteiger partial charge in [0, 0.05) is 12.1 Å². The molecule has 0 aliphatic carbocycles. The molecule has 0 aliphatic rings. The molecule has 0 radical (unpaired) electrons. The minimum atomic E-state index is -0.198. The fourth-order valence-electron chi connectivity index (χ4n) is 3.38. The molecule has 0 saturated heterocycles. The third-order valence-corrected chi connectivity index (χ3v) is 6.63. The molecule has 0 atom stereocenters. The number of hydrogen-bond acceptors (Lipinski definition) is 7. The van der Waals surface area contributed by atoms with Crippen LogP contribution in [0.1, 0.15) is 20.3 Å². The molecule has 1 N–H and O–H groups in total. The summed E-state index contributed by atoms with van der Waals surface area (Å²) in [5.74, 6) is 0.536. The van der Waals surface area contributed by atoms with E-state index in [4.69, 9.17) is 9.72 Å². The van der Waals surface area contributed by atoms with E-state index in [1.54, 1.807) is 10.6 Å². The van der Waals surface area contributed by atoms with Crippen molar-refractivity contribution >= 4 is 45.1 Å². The van der Waals surface area contributed by atoms with E-state index in [9.17, 15) is 9.59 Å². The van der Waals surface area contributed by atoms with Crippen LogP contribution < -0.4 is 15.6 Å². The molecule has 1 amide bonds. The zero-order chi connectivity index (χ0) is 23.2. The Morgan fingerprint density at radius 3 is 2.64 bits per heavy atom. The van der Waals surface area contributed by atoms with Crippen molar-refractivity contribution in [2.45, 2.75) is 32.0 Å². The molecule has 4 rings (SSSR count). The summed E-state index contributed by atoms with van der Waals surface area (Å²) in [5, 5.41) is 3.40. The fraction of sp³-hybridized carbons (Fsp3) is 0.250. The third-order valence-electron chi connectivity index (χ3n) is 4.83. The van der Waals surface area contributed by atoms with Crippen LogP contribution in [-0.4, -0.2) is 32.2 Å². The monoisotopic (exact) mass is 480 g/mol. The van der Waals surface area contributed by atoms with Gasteiger partial charge in [-0.3, -0.25) is 14.2 Å². The SMILES string of the molecule is CCCn1c(SCC(=O)Nc2ccccc2OCC)nc2c(-c3ccccc3)nsc2c1=O. The molecule has 2 aromatic heterocycles. The highest BCUT2D eigenvalue weighted by Gasteiger charge is 2.19.